The first-order chi connectivity index (χ1) is 9.78. The van der Waals surface area contributed by atoms with E-state index in [4.69, 9.17) is 9.47 Å². The summed E-state index contributed by atoms with van der Waals surface area (Å²) < 4.78 is 10.6. The Morgan fingerprint density at radius 3 is 2.55 bits per heavy atom. The summed E-state index contributed by atoms with van der Waals surface area (Å²) in [6.07, 6.45) is 0.298. The number of nitrogens with one attached hydrogen (secondary N) is 1. The first-order valence-corrected chi connectivity index (χ1v) is 6.39. The van der Waals surface area contributed by atoms with Crippen LogP contribution in [0.3, 0.4) is 0 Å². The number of hydrogen-bond donors (Lipinski definition) is 1. The molecule has 0 bridgehead atoms. The van der Waals surface area contributed by atoms with Gasteiger partial charge in [0.2, 0.25) is 5.91 Å². The summed E-state index contributed by atoms with van der Waals surface area (Å²) in [5, 5.41) is 2.80. The lowest BCUT2D eigenvalue weighted by atomic mass is 10.3. The first-order valence-electron chi connectivity index (χ1n) is 6.39. The molecule has 0 aliphatic rings. The third-order valence-corrected chi connectivity index (χ3v) is 2.69. The van der Waals surface area contributed by atoms with Crippen LogP contribution in [0.2, 0.25) is 0 Å². The number of ether oxygens (including phenoxy) is 2. The third-order valence-electron chi connectivity index (χ3n) is 2.69. The lowest BCUT2D eigenvalue weighted by molar-refractivity contribution is -0.116. The van der Waals surface area contributed by atoms with Crippen LogP contribution in [0.15, 0.2) is 54.6 Å². The van der Waals surface area contributed by atoms with Crippen LogP contribution in [0.25, 0.3) is 0 Å². The van der Waals surface area contributed by atoms with Crippen molar-refractivity contribution in [2.45, 2.75) is 6.42 Å². The lowest BCUT2D eigenvalue weighted by Gasteiger charge is -2.08. The van der Waals surface area contributed by atoms with Gasteiger partial charge in [0.25, 0.3) is 0 Å². The standard InChI is InChI=1S/C16H17NO3/c1-19-15-9-5-6-13(12-15)17-16(18)10-11-20-14-7-3-2-4-8-14/h2-9,12H,10-11H2,1H3,(H,17,18). The van der Waals surface area contributed by atoms with Gasteiger partial charge < -0.3 is 14.8 Å². The Bertz CT molecular complexity index is 555. The fourth-order valence-electron chi connectivity index (χ4n) is 1.70. The van der Waals surface area contributed by atoms with E-state index < -0.39 is 0 Å². The normalized spacial score (nSPS) is 9.85. The summed E-state index contributed by atoms with van der Waals surface area (Å²) in [6.45, 7) is 0.347. The van der Waals surface area contributed by atoms with Gasteiger partial charge in [-0.05, 0) is 24.3 Å². The van der Waals surface area contributed by atoms with E-state index in [1.54, 1.807) is 13.2 Å². The number of rotatable bonds is 6. The average molecular weight is 271 g/mol. The van der Waals surface area contributed by atoms with Gasteiger partial charge in [0.05, 0.1) is 20.1 Å². The molecule has 0 aliphatic carbocycles. The molecule has 0 saturated heterocycles. The number of anilines is 1. The number of carbonyl (C=O) groups is 1. The predicted molar refractivity (Wildman–Crippen MR) is 78.2 cm³/mol. The van der Waals surface area contributed by atoms with E-state index in [1.807, 2.05) is 48.5 Å². The fraction of sp³-hybridized carbons (Fsp3) is 0.188. The van der Waals surface area contributed by atoms with E-state index in [-0.39, 0.29) is 5.91 Å². The molecule has 2 aromatic rings. The zero-order valence-corrected chi connectivity index (χ0v) is 11.3. The monoisotopic (exact) mass is 271 g/mol. The molecule has 2 aromatic carbocycles. The molecule has 0 spiro atoms. The minimum Gasteiger partial charge on any atom is -0.497 e. The van der Waals surface area contributed by atoms with Crippen molar-refractivity contribution in [3.05, 3.63) is 54.6 Å². The van der Waals surface area contributed by atoms with Crippen molar-refractivity contribution in [2.75, 3.05) is 19.0 Å². The molecule has 0 fully saturated rings. The molecular formula is C16H17NO3. The number of amides is 1. The largest absolute Gasteiger partial charge is 0.497 e. The van der Waals surface area contributed by atoms with Crippen LogP contribution in [0.5, 0.6) is 11.5 Å². The van der Waals surface area contributed by atoms with Crippen LogP contribution in [0.4, 0.5) is 5.69 Å². The molecular weight excluding hydrogens is 254 g/mol. The number of para-hydroxylation sites is 1. The fourth-order valence-corrected chi connectivity index (χ4v) is 1.70. The third kappa shape index (κ3) is 4.31. The van der Waals surface area contributed by atoms with Gasteiger partial charge in [0.15, 0.2) is 0 Å². The van der Waals surface area contributed by atoms with Crippen LogP contribution in [-0.4, -0.2) is 19.6 Å². The van der Waals surface area contributed by atoms with Crippen molar-refractivity contribution in [1.29, 1.82) is 0 Å². The summed E-state index contributed by atoms with van der Waals surface area (Å²) in [5.74, 6) is 1.39. The highest BCUT2D eigenvalue weighted by Gasteiger charge is 2.03. The van der Waals surface area contributed by atoms with E-state index in [0.717, 1.165) is 5.75 Å². The van der Waals surface area contributed by atoms with Crippen molar-refractivity contribution in [3.63, 3.8) is 0 Å². The quantitative estimate of drug-likeness (QED) is 0.878. The molecule has 20 heavy (non-hydrogen) atoms. The molecule has 0 aliphatic heterocycles. The van der Waals surface area contributed by atoms with Crippen molar-refractivity contribution >= 4 is 11.6 Å². The molecule has 0 radical (unpaired) electrons. The Hall–Kier alpha value is -2.49. The minimum absolute atomic E-state index is 0.0887. The summed E-state index contributed by atoms with van der Waals surface area (Å²) in [5.41, 5.74) is 0.717. The van der Waals surface area contributed by atoms with Gasteiger partial charge >= 0.3 is 0 Å². The number of carbonyl (C=O) groups excluding carboxylic acids is 1. The molecule has 0 unspecified atom stereocenters. The molecule has 1 amide bonds. The van der Waals surface area contributed by atoms with E-state index in [2.05, 4.69) is 5.32 Å². The maximum Gasteiger partial charge on any atom is 0.227 e. The highest BCUT2D eigenvalue weighted by atomic mass is 16.5. The van der Waals surface area contributed by atoms with Crippen molar-refractivity contribution in [1.82, 2.24) is 0 Å². The second kappa shape index (κ2) is 7.19. The van der Waals surface area contributed by atoms with E-state index in [0.29, 0.717) is 24.5 Å². The highest BCUT2D eigenvalue weighted by molar-refractivity contribution is 5.90. The molecule has 0 atom stereocenters. The van der Waals surface area contributed by atoms with Crippen LogP contribution < -0.4 is 14.8 Å². The average Bonchev–Trinajstić information content (AvgIpc) is 2.48. The van der Waals surface area contributed by atoms with Gasteiger partial charge in [-0.1, -0.05) is 24.3 Å². The molecule has 2 rings (SSSR count). The Balaban J connectivity index is 1.77. The molecule has 0 aromatic heterocycles. The highest BCUT2D eigenvalue weighted by Crippen LogP contribution is 2.16. The zero-order chi connectivity index (χ0) is 14.2. The summed E-state index contributed by atoms with van der Waals surface area (Å²) in [7, 11) is 1.59. The number of benzene rings is 2. The maximum absolute atomic E-state index is 11.8. The van der Waals surface area contributed by atoms with E-state index in [1.165, 1.54) is 0 Å². The molecule has 4 heteroatoms. The van der Waals surface area contributed by atoms with Gasteiger partial charge in [-0.3, -0.25) is 4.79 Å². The van der Waals surface area contributed by atoms with E-state index >= 15 is 0 Å². The smallest absolute Gasteiger partial charge is 0.227 e. The van der Waals surface area contributed by atoms with Gasteiger partial charge in [0.1, 0.15) is 11.5 Å². The Kier molecular flexibility index (Phi) is 5.00. The summed E-state index contributed by atoms with van der Waals surface area (Å²) in [6, 6.07) is 16.7. The molecule has 0 saturated carbocycles. The van der Waals surface area contributed by atoms with Crippen molar-refractivity contribution in [2.24, 2.45) is 0 Å². The van der Waals surface area contributed by atoms with E-state index in [9.17, 15) is 4.79 Å². The SMILES string of the molecule is COc1cccc(NC(=O)CCOc2ccccc2)c1. The predicted octanol–water partition coefficient (Wildman–Crippen LogP) is 3.10. The zero-order valence-electron chi connectivity index (χ0n) is 11.3. The molecule has 1 N–H and O–H groups in total. The topological polar surface area (TPSA) is 47.6 Å². The van der Waals surface area contributed by atoms with Gasteiger partial charge in [-0.25, -0.2) is 0 Å². The number of methoxy groups -OCH3 is 1. The molecule has 0 heterocycles. The summed E-state index contributed by atoms with van der Waals surface area (Å²) in [4.78, 5) is 11.8. The van der Waals surface area contributed by atoms with Gasteiger partial charge in [0, 0.05) is 11.8 Å². The number of hydrogen-bond acceptors (Lipinski definition) is 3. The van der Waals surface area contributed by atoms with Crippen molar-refractivity contribution < 1.29 is 14.3 Å². The van der Waals surface area contributed by atoms with Crippen LogP contribution in [0, 0.1) is 0 Å². The van der Waals surface area contributed by atoms with Crippen LogP contribution in [0.1, 0.15) is 6.42 Å². The molecule has 4 nitrogen and oxygen atoms in total. The van der Waals surface area contributed by atoms with Gasteiger partial charge in [-0.15, -0.1) is 0 Å². The van der Waals surface area contributed by atoms with Crippen LogP contribution >= 0.6 is 0 Å². The molecule has 104 valence electrons. The summed E-state index contributed by atoms with van der Waals surface area (Å²) >= 11 is 0. The van der Waals surface area contributed by atoms with Gasteiger partial charge in [-0.2, -0.15) is 0 Å². The first kappa shape index (κ1) is 13.9. The van der Waals surface area contributed by atoms with Crippen LogP contribution in [-0.2, 0) is 4.79 Å². The Morgan fingerprint density at radius 1 is 1.05 bits per heavy atom. The Morgan fingerprint density at radius 2 is 1.80 bits per heavy atom. The lowest BCUT2D eigenvalue weighted by Crippen LogP contribution is -2.15. The maximum atomic E-state index is 11.8. The minimum atomic E-state index is -0.0887. The Labute approximate surface area is 118 Å². The second-order valence-corrected chi connectivity index (χ2v) is 4.19. The second-order valence-electron chi connectivity index (χ2n) is 4.19. The van der Waals surface area contributed by atoms with Crippen molar-refractivity contribution in [3.8, 4) is 11.5 Å².